The highest BCUT2D eigenvalue weighted by Gasteiger charge is 2.31. The second-order valence-electron chi connectivity index (χ2n) is 8.24. The summed E-state index contributed by atoms with van der Waals surface area (Å²) in [5.74, 6) is 0.641. The number of halogens is 3. The Morgan fingerprint density at radius 1 is 1.00 bits per heavy atom. The van der Waals surface area contributed by atoms with Crippen LogP contribution >= 0.6 is 0 Å². The molecule has 172 valence electrons. The van der Waals surface area contributed by atoms with Gasteiger partial charge < -0.3 is 4.90 Å². The molecule has 0 spiro atoms. The maximum atomic E-state index is 12.9. The van der Waals surface area contributed by atoms with Crippen molar-refractivity contribution in [1.29, 1.82) is 0 Å². The minimum Gasteiger partial charge on any atom is -0.336 e. The number of rotatable bonds is 6. The van der Waals surface area contributed by atoms with Gasteiger partial charge >= 0.3 is 6.18 Å². The zero-order chi connectivity index (χ0) is 22.9. The summed E-state index contributed by atoms with van der Waals surface area (Å²) in [5.41, 5.74) is -0.765. The Labute approximate surface area is 185 Å². The fourth-order valence-electron chi connectivity index (χ4n) is 3.73. The number of carbonyl (C=O) groups is 1. The van der Waals surface area contributed by atoms with Crippen molar-refractivity contribution < 1.29 is 26.4 Å². The zero-order valence-corrected chi connectivity index (χ0v) is 18.1. The van der Waals surface area contributed by atoms with E-state index in [2.05, 4.69) is 9.62 Å². The fourth-order valence-corrected chi connectivity index (χ4v) is 4.78. The lowest BCUT2D eigenvalue weighted by Gasteiger charge is -2.34. The molecular formula is C22H24F3N3O3S. The first-order valence-corrected chi connectivity index (χ1v) is 11.9. The monoisotopic (exact) mass is 467 g/mol. The summed E-state index contributed by atoms with van der Waals surface area (Å²) in [6, 6.07) is 9.40. The van der Waals surface area contributed by atoms with Crippen LogP contribution in [-0.2, 0) is 16.2 Å². The lowest BCUT2D eigenvalue weighted by Crippen LogP contribution is -2.49. The van der Waals surface area contributed by atoms with Gasteiger partial charge in [0, 0.05) is 44.0 Å². The van der Waals surface area contributed by atoms with E-state index in [0.29, 0.717) is 18.7 Å². The molecule has 2 aliphatic rings. The number of hydrogen-bond donors (Lipinski definition) is 1. The molecule has 1 amide bonds. The molecule has 0 aromatic heterocycles. The van der Waals surface area contributed by atoms with E-state index in [-0.39, 0.29) is 16.5 Å². The molecule has 6 nitrogen and oxygen atoms in total. The lowest BCUT2D eigenvalue weighted by molar-refractivity contribution is -0.137. The minimum atomic E-state index is -4.58. The van der Waals surface area contributed by atoms with Crippen molar-refractivity contribution in [2.24, 2.45) is 5.92 Å². The Morgan fingerprint density at radius 3 is 2.25 bits per heavy atom. The normalized spacial score (nSPS) is 17.9. The van der Waals surface area contributed by atoms with Crippen LogP contribution in [0.5, 0.6) is 0 Å². The first-order chi connectivity index (χ1) is 15.1. The SMILES string of the molecule is O=C(c1ccc(S(=O)(=O)Nc2cccc(C(F)(F)F)c2)cc1)N1CCN(CC2CC2)CC1. The van der Waals surface area contributed by atoms with Crippen molar-refractivity contribution >= 4 is 21.6 Å². The van der Waals surface area contributed by atoms with Crippen molar-refractivity contribution in [3.8, 4) is 0 Å². The first-order valence-electron chi connectivity index (χ1n) is 10.4. The number of alkyl halides is 3. The second kappa shape index (κ2) is 8.74. The van der Waals surface area contributed by atoms with Gasteiger partial charge in [-0.15, -0.1) is 0 Å². The van der Waals surface area contributed by atoms with E-state index in [1.54, 1.807) is 4.90 Å². The number of benzene rings is 2. The molecule has 4 rings (SSSR count). The van der Waals surface area contributed by atoms with Gasteiger partial charge in [-0.3, -0.25) is 14.4 Å². The summed E-state index contributed by atoms with van der Waals surface area (Å²) in [5, 5.41) is 0. The third kappa shape index (κ3) is 5.42. The highest BCUT2D eigenvalue weighted by atomic mass is 32.2. The maximum Gasteiger partial charge on any atom is 0.416 e. The van der Waals surface area contributed by atoms with Gasteiger partial charge in [0.2, 0.25) is 0 Å². The lowest BCUT2D eigenvalue weighted by atomic mass is 10.2. The van der Waals surface area contributed by atoms with Crippen molar-refractivity contribution in [2.75, 3.05) is 37.4 Å². The van der Waals surface area contributed by atoms with E-state index in [4.69, 9.17) is 0 Å². The summed E-state index contributed by atoms with van der Waals surface area (Å²) < 4.78 is 65.9. The van der Waals surface area contributed by atoms with Gasteiger partial charge in [-0.05, 0) is 61.2 Å². The highest BCUT2D eigenvalue weighted by Crippen LogP contribution is 2.31. The molecule has 2 aromatic rings. The number of amides is 1. The van der Waals surface area contributed by atoms with Crippen molar-refractivity contribution in [1.82, 2.24) is 9.80 Å². The van der Waals surface area contributed by atoms with Crippen LogP contribution in [0, 0.1) is 5.92 Å². The molecule has 0 atom stereocenters. The number of carbonyl (C=O) groups excluding carboxylic acids is 1. The Morgan fingerprint density at radius 2 is 1.66 bits per heavy atom. The van der Waals surface area contributed by atoms with Gasteiger partial charge in [-0.2, -0.15) is 13.2 Å². The van der Waals surface area contributed by atoms with Gasteiger partial charge in [0.15, 0.2) is 0 Å². The average Bonchev–Trinajstić information content (AvgIpc) is 3.57. The van der Waals surface area contributed by atoms with Crippen molar-refractivity contribution in [3.05, 3.63) is 59.7 Å². The summed E-state index contributed by atoms with van der Waals surface area (Å²) in [6.45, 7) is 4.00. The number of hydrogen-bond acceptors (Lipinski definition) is 4. The summed E-state index contributed by atoms with van der Waals surface area (Å²) in [7, 11) is -4.10. The molecule has 1 N–H and O–H groups in total. The molecule has 1 saturated carbocycles. The van der Waals surface area contributed by atoms with Gasteiger partial charge in [0.25, 0.3) is 15.9 Å². The number of piperazine rings is 1. The van der Waals surface area contributed by atoms with E-state index in [1.165, 1.54) is 43.2 Å². The van der Waals surface area contributed by atoms with E-state index in [0.717, 1.165) is 43.8 Å². The zero-order valence-electron chi connectivity index (χ0n) is 17.3. The Kier molecular flexibility index (Phi) is 6.17. The smallest absolute Gasteiger partial charge is 0.336 e. The van der Waals surface area contributed by atoms with Crippen LogP contribution in [-0.4, -0.2) is 56.8 Å². The summed E-state index contributed by atoms with van der Waals surface area (Å²) in [6.07, 6.45) is -2.00. The van der Waals surface area contributed by atoms with Crippen molar-refractivity contribution in [2.45, 2.75) is 23.9 Å². The molecule has 0 radical (unpaired) electrons. The van der Waals surface area contributed by atoms with Crippen LogP contribution in [0.3, 0.4) is 0 Å². The van der Waals surface area contributed by atoms with Crippen LogP contribution in [0.2, 0.25) is 0 Å². The second-order valence-corrected chi connectivity index (χ2v) is 9.93. The van der Waals surface area contributed by atoms with E-state index in [9.17, 15) is 26.4 Å². The molecule has 1 heterocycles. The molecular weight excluding hydrogens is 443 g/mol. The quantitative estimate of drug-likeness (QED) is 0.704. The molecule has 0 unspecified atom stereocenters. The Bertz CT molecular complexity index is 1080. The summed E-state index contributed by atoms with van der Waals surface area (Å²) >= 11 is 0. The molecule has 1 aliphatic carbocycles. The van der Waals surface area contributed by atoms with Gasteiger partial charge in [-0.1, -0.05) is 6.07 Å². The number of nitrogens with zero attached hydrogens (tertiary/aromatic N) is 2. The third-order valence-corrected chi connectivity index (χ3v) is 7.12. The Balaban J connectivity index is 1.39. The van der Waals surface area contributed by atoms with Crippen LogP contribution < -0.4 is 4.72 Å². The van der Waals surface area contributed by atoms with Crippen molar-refractivity contribution in [3.63, 3.8) is 0 Å². The maximum absolute atomic E-state index is 12.9. The van der Waals surface area contributed by atoms with Crippen LogP contribution in [0.4, 0.5) is 18.9 Å². The number of anilines is 1. The average molecular weight is 468 g/mol. The van der Waals surface area contributed by atoms with Crippen LogP contribution in [0.25, 0.3) is 0 Å². The summed E-state index contributed by atoms with van der Waals surface area (Å²) in [4.78, 5) is 16.8. The van der Waals surface area contributed by atoms with Gasteiger partial charge in [0.05, 0.1) is 10.5 Å². The molecule has 2 fully saturated rings. The molecule has 1 aliphatic heterocycles. The van der Waals surface area contributed by atoms with Crippen LogP contribution in [0.1, 0.15) is 28.8 Å². The standard InChI is InChI=1S/C22H24F3N3O3S/c23-22(24,25)18-2-1-3-19(14-18)26-32(30,31)20-8-6-17(7-9-20)21(29)28-12-10-27(11-13-28)15-16-4-5-16/h1-3,6-9,14,16,26H,4-5,10-13,15H2. The molecule has 10 heteroatoms. The van der Waals surface area contributed by atoms with Crippen LogP contribution in [0.15, 0.2) is 53.4 Å². The first kappa shape index (κ1) is 22.6. The van der Waals surface area contributed by atoms with Gasteiger partial charge in [-0.25, -0.2) is 8.42 Å². The molecule has 0 bridgehead atoms. The minimum absolute atomic E-state index is 0.138. The van der Waals surface area contributed by atoms with E-state index >= 15 is 0 Å². The fraction of sp³-hybridized carbons (Fsp3) is 0.409. The van der Waals surface area contributed by atoms with E-state index in [1.807, 2.05) is 0 Å². The predicted molar refractivity (Wildman–Crippen MR) is 114 cm³/mol. The predicted octanol–water partition coefficient (Wildman–Crippen LogP) is 3.67. The topological polar surface area (TPSA) is 69.7 Å². The Hall–Kier alpha value is -2.59. The molecule has 2 aromatic carbocycles. The highest BCUT2D eigenvalue weighted by molar-refractivity contribution is 7.92. The van der Waals surface area contributed by atoms with Gasteiger partial charge in [0.1, 0.15) is 0 Å². The van der Waals surface area contributed by atoms with E-state index < -0.39 is 21.8 Å². The number of nitrogens with one attached hydrogen (secondary N) is 1. The largest absolute Gasteiger partial charge is 0.416 e. The molecule has 1 saturated heterocycles. The molecule has 32 heavy (non-hydrogen) atoms. The third-order valence-electron chi connectivity index (χ3n) is 5.73. The number of sulfonamides is 1.